The van der Waals surface area contributed by atoms with Gasteiger partial charge in [-0.15, -0.1) is 0 Å². The Morgan fingerprint density at radius 1 is 0.677 bits per heavy atom. The zero-order chi connectivity index (χ0) is 23.5. The minimum absolute atomic E-state index is 0.172. The van der Waals surface area contributed by atoms with Gasteiger partial charge in [-0.25, -0.2) is 0 Å². The zero-order valence-corrected chi connectivity index (χ0v) is 23.0. The molecule has 0 saturated carbocycles. The molecule has 5 heteroatoms. The van der Waals surface area contributed by atoms with Gasteiger partial charge in [-0.05, 0) is 97.3 Å². The van der Waals surface area contributed by atoms with Crippen LogP contribution in [0.1, 0.15) is 51.7 Å². The summed E-state index contributed by atoms with van der Waals surface area (Å²) < 4.78 is 7.21. The second kappa shape index (κ2) is 9.51. The Labute approximate surface area is 192 Å². The van der Waals surface area contributed by atoms with Crippen molar-refractivity contribution in [2.75, 3.05) is 11.5 Å². The lowest BCUT2D eigenvalue weighted by Crippen LogP contribution is -2.55. The lowest BCUT2D eigenvalue weighted by molar-refractivity contribution is 0.410. The third-order valence-electron chi connectivity index (χ3n) is 7.75. The molecule has 0 unspecified atom stereocenters. The van der Waals surface area contributed by atoms with Crippen LogP contribution in [0.5, 0.6) is 0 Å². The van der Waals surface area contributed by atoms with Crippen molar-refractivity contribution < 1.29 is 4.12 Å². The smallest absolute Gasteiger partial charge is 0.179 e. The zero-order valence-electron chi connectivity index (χ0n) is 21.0. The fourth-order valence-electron chi connectivity index (χ4n) is 3.93. The molecule has 0 heterocycles. The van der Waals surface area contributed by atoms with Gasteiger partial charge in [0.25, 0.3) is 0 Å². The highest BCUT2D eigenvalue weighted by Crippen LogP contribution is 2.49. The van der Waals surface area contributed by atoms with E-state index in [9.17, 15) is 0 Å². The van der Waals surface area contributed by atoms with Gasteiger partial charge in [-0.2, -0.15) is 0 Å². The maximum Gasteiger partial charge on any atom is 0.179 e. The molecule has 0 aromatic heterocycles. The van der Waals surface area contributed by atoms with Gasteiger partial charge in [0.1, 0.15) is 0 Å². The van der Waals surface area contributed by atoms with E-state index >= 15 is 0 Å². The minimum Gasteiger partial charge on any atom is -0.455 e. The van der Waals surface area contributed by atoms with Crippen LogP contribution < -0.4 is 11.5 Å². The van der Waals surface area contributed by atoms with E-state index in [1.807, 2.05) is 12.1 Å². The average Bonchev–Trinajstić information content (AvgIpc) is 2.64. The summed E-state index contributed by atoms with van der Waals surface area (Å²) in [4.78, 5) is 0. The number of aryl methyl sites for hydroxylation is 2. The highest BCUT2D eigenvalue weighted by molar-refractivity contribution is 6.87. The molecule has 172 valence electrons. The van der Waals surface area contributed by atoms with E-state index in [0.717, 1.165) is 37.1 Å². The molecule has 0 saturated heterocycles. The van der Waals surface area contributed by atoms with Crippen LogP contribution in [-0.2, 0) is 17.0 Å². The fourth-order valence-corrected chi connectivity index (χ4v) is 12.7. The van der Waals surface area contributed by atoms with Crippen molar-refractivity contribution in [3.8, 4) is 0 Å². The average molecular weight is 457 g/mol. The maximum absolute atomic E-state index is 7.21. The lowest BCUT2D eigenvalue weighted by Gasteiger charge is -2.49. The summed E-state index contributed by atoms with van der Waals surface area (Å²) in [6.45, 7) is 19.2. The van der Waals surface area contributed by atoms with Crippen molar-refractivity contribution in [1.29, 1.82) is 0 Å². The molecule has 2 aromatic rings. The number of anilines is 2. The van der Waals surface area contributed by atoms with Crippen LogP contribution in [0, 0.1) is 0 Å². The highest BCUT2D eigenvalue weighted by Gasteiger charge is 2.49. The van der Waals surface area contributed by atoms with E-state index in [1.54, 1.807) is 0 Å². The summed E-state index contributed by atoms with van der Waals surface area (Å²) in [6, 6.07) is 16.6. The van der Waals surface area contributed by atoms with E-state index in [2.05, 4.69) is 90.3 Å². The SMILES string of the molecule is CC(C)(CCc1cccc(N)c1)[Si](C)(C)O[Si](C)(C)C(C)(C)CCc1cccc(N)c1. The maximum atomic E-state index is 7.21. The molecule has 3 nitrogen and oxygen atoms in total. The Kier molecular flexibility index (Phi) is 7.88. The van der Waals surface area contributed by atoms with Crippen LogP contribution in [0.3, 0.4) is 0 Å². The molecule has 0 aliphatic rings. The second-order valence-corrected chi connectivity index (χ2v) is 20.9. The van der Waals surface area contributed by atoms with Crippen LogP contribution in [0.4, 0.5) is 11.4 Å². The molecule has 4 N–H and O–H groups in total. The van der Waals surface area contributed by atoms with Crippen molar-refractivity contribution in [2.24, 2.45) is 0 Å². The van der Waals surface area contributed by atoms with Gasteiger partial charge >= 0.3 is 0 Å². The number of benzene rings is 2. The molecule has 0 amide bonds. The number of rotatable bonds is 10. The normalized spacial score (nSPS) is 13.4. The van der Waals surface area contributed by atoms with Crippen LogP contribution >= 0.6 is 0 Å². The summed E-state index contributed by atoms with van der Waals surface area (Å²) in [5.74, 6) is 0. The van der Waals surface area contributed by atoms with E-state index < -0.39 is 16.6 Å². The molecule has 0 bridgehead atoms. The number of nitrogens with two attached hydrogens (primary N) is 2. The summed E-state index contributed by atoms with van der Waals surface area (Å²) >= 11 is 0. The van der Waals surface area contributed by atoms with Crippen molar-refractivity contribution in [3.63, 3.8) is 0 Å². The first-order chi connectivity index (χ1) is 14.2. The third-order valence-corrected chi connectivity index (χ3v) is 18.9. The first-order valence-corrected chi connectivity index (χ1v) is 17.4. The molecule has 31 heavy (non-hydrogen) atoms. The summed E-state index contributed by atoms with van der Waals surface area (Å²) in [5, 5.41) is 0.345. The first kappa shape index (κ1) is 25.7. The number of hydrogen-bond donors (Lipinski definition) is 2. The lowest BCUT2D eigenvalue weighted by atomic mass is 10.0. The van der Waals surface area contributed by atoms with E-state index in [4.69, 9.17) is 15.6 Å². The number of nitrogen functional groups attached to an aromatic ring is 2. The van der Waals surface area contributed by atoms with Gasteiger partial charge in [0.05, 0.1) is 0 Å². The van der Waals surface area contributed by atoms with Crippen LogP contribution in [0.2, 0.25) is 36.3 Å². The Morgan fingerprint density at radius 3 is 1.35 bits per heavy atom. The number of hydrogen-bond acceptors (Lipinski definition) is 3. The second-order valence-electron chi connectivity index (χ2n) is 11.4. The van der Waals surface area contributed by atoms with Gasteiger partial charge < -0.3 is 15.6 Å². The Balaban J connectivity index is 2.06. The van der Waals surface area contributed by atoms with E-state index in [1.165, 1.54) is 11.1 Å². The van der Waals surface area contributed by atoms with Gasteiger partial charge in [0, 0.05) is 11.4 Å². The standard InChI is InChI=1S/C26H44N2OSi2/c1-25(2,17-15-21-11-9-13-23(27)19-21)30(5,6)29-31(7,8)26(3,4)18-16-22-12-10-14-24(28)20-22/h9-14,19-20H,15-18,27-28H2,1-8H3. The van der Waals surface area contributed by atoms with Crippen molar-refractivity contribution >= 4 is 28.0 Å². The van der Waals surface area contributed by atoms with E-state index in [-0.39, 0.29) is 10.1 Å². The monoisotopic (exact) mass is 456 g/mol. The van der Waals surface area contributed by atoms with E-state index in [0.29, 0.717) is 0 Å². The Hall–Kier alpha value is -1.57. The predicted molar refractivity (Wildman–Crippen MR) is 142 cm³/mol. The molecule has 0 radical (unpaired) electrons. The van der Waals surface area contributed by atoms with Crippen molar-refractivity contribution in [1.82, 2.24) is 0 Å². The summed E-state index contributed by atoms with van der Waals surface area (Å²) in [5.41, 5.74) is 16.3. The van der Waals surface area contributed by atoms with Crippen molar-refractivity contribution in [3.05, 3.63) is 59.7 Å². The van der Waals surface area contributed by atoms with Gasteiger partial charge in [0.2, 0.25) is 0 Å². The molecule has 0 aliphatic heterocycles. The van der Waals surface area contributed by atoms with Gasteiger partial charge in [-0.3, -0.25) is 0 Å². The molecule has 0 spiro atoms. The largest absolute Gasteiger partial charge is 0.455 e. The summed E-state index contributed by atoms with van der Waals surface area (Å²) in [7, 11) is -3.90. The molecule has 0 aliphatic carbocycles. The Morgan fingerprint density at radius 2 is 1.03 bits per heavy atom. The molecule has 0 atom stereocenters. The van der Waals surface area contributed by atoms with Crippen LogP contribution in [0.15, 0.2) is 48.5 Å². The fraction of sp³-hybridized carbons (Fsp3) is 0.538. The first-order valence-electron chi connectivity index (χ1n) is 11.5. The molecular weight excluding hydrogens is 412 g/mol. The predicted octanol–water partition coefficient (Wildman–Crippen LogP) is 7.40. The highest BCUT2D eigenvalue weighted by atomic mass is 28.4. The molecule has 2 rings (SSSR count). The molecular formula is C26H44N2OSi2. The molecule has 0 fully saturated rings. The van der Waals surface area contributed by atoms with Crippen LogP contribution in [-0.4, -0.2) is 16.6 Å². The van der Waals surface area contributed by atoms with Crippen LogP contribution in [0.25, 0.3) is 0 Å². The molecule has 2 aromatic carbocycles. The Bertz CT molecular complexity index is 804. The summed E-state index contributed by atoms with van der Waals surface area (Å²) in [6.07, 6.45) is 4.31. The topological polar surface area (TPSA) is 61.3 Å². The van der Waals surface area contributed by atoms with Gasteiger partial charge in [0.15, 0.2) is 16.6 Å². The minimum atomic E-state index is -1.95. The quantitative estimate of drug-likeness (QED) is 0.289. The third kappa shape index (κ3) is 6.71. The van der Waals surface area contributed by atoms with Gasteiger partial charge in [-0.1, -0.05) is 52.0 Å². The van der Waals surface area contributed by atoms with Crippen molar-refractivity contribution in [2.45, 2.75) is 89.6 Å².